The van der Waals surface area contributed by atoms with E-state index in [-0.39, 0.29) is 0 Å². The minimum Gasteiger partial charge on any atom is -0.395 e. The van der Waals surface area contributed by atoms with Crippen LogP contribution in [0.5, 0.6) is 0 Å². The third-order valence-electron chi connectivity index (χ3n) is 0.380. The zero-order valence-corrected chi connectivity index (χ0v) is 5.55. The fourth-order valence-corrected chi connectivity index (χ4v) is 2.48. The lowest BCUT2D eigenvalue weighted by molar-refractivity contribution is 0.225. The van der Waals surface area contributed by atoms with Crippen LogP contribution < -0.4 is 0 Å². The van der Waals surface area contributed by atoms with Crippen molar-refractivity contribution in [2.75, 3.05) is 0 Å². The normalized spacial score (nSPS) is 39.3. The Morgan fingerprint density at radius 3 is 2.43 bits per heavy atom. The second-order valence-electron chi connectivity index (χ2n) is 0.901. The molecule has 1 aliphatic heterocycles. The smallest absolute Gasteiger partial charge is 0.383 e. The molecule has 6 heteroatoms. The van der Waals surface area contributed by atoms with E-state index in [1.165, 1.54) is 0 Å². The molecular formula is CHO3PS2. The molecule has 0 aromatic rings. The predicted molar refractivity (Wildman–Crippen MR) is 30.6 cm³/mol. The van der Waals surface area contributed by atoms with Gasteiger partial charge in [-0.25, -0.2) is 4.79 Å². The van der Waals surface area contributed by atoms with Crippen molar-refractivity contribution in [3.05, 3.63) is 0 Å². The lowest BCUT2D eigenvalue weighted by Crippen LogP contribution is -2.02. The van der Waals surface area contributed by atoms with Gasteiger partial charge in [0, 0.05) is 0 Å². The Hall–Kier alpha value is 0.430. The highest BCUT2D eigenvalue weighted by Gasteiger charge is 2.35. The van der Waals surface area contributed by atoms with Crippen LogP contribution in [0.25, 0.3) is 0 Å². The van der Waals surface area contributed by atoms with Crippen molar-refractivity contribution in [1.29, 1.82) is 0 Å². The quantitative estimate of drug-likeness (QED) is 0.532. The van der Waals surface area contributed by atoms with Crippen molar-refractivity contribution in [3.63, 3.8) is 0 Å². The summed E-state index contributed by atoms with van der Waals surface area (Å²) in [4.78, 5) is 18.4. The molecule has 1 aliphatic rings. The van der Waals surface area contributed by atoms with Crippen molar-refractivity contribution in [1.82, 2.24) is 0 Å². The van der Waals surface area contributed by atoms with Crippen molar-refractivity contribution in [3.8, 4) is 0 Å². The minimum atomic E-state index is -2.62. The van der Waals surface area contributed by atoms with Crippen LogP contribution in [0.2, 0.25) is 0 Å². The molecule has 0 bridgehead atoms. The predicted octanol–water partition coefficient (Wildman–Crippen LogP) is 1.09. The van der Waals surface area contributed by atoms with Crippen LogP contribution in [-0.2, 0) is 16.3 Å². The summed E-state index contributed by atoms with van der Waals surface area (Å²) in [5.41, 5.74) is -2.62. The first kappa shape index (κ1) is 5.56. The minimum absolute atomic E-state index is 0.467. The standard InChI is InChI=1S/CHO3PS2/c2-1-4-5(3,6)7-1/h(H,3,6). The number of hydrogen-bond donors (Lipinski definition) is 1. The zero-order chi connectivity index (χ0) is 5.49. The van der Waals surface area contributed by atoms with Gasteiger partial charge in [-0.3, -0.25) is 0 Å². The summed E-state index contributed by atoms with van der Waals surface area (Å²) in [5, 5.41) is -0.467. The van der Waals surface area contributed by atoms with Crippen LogP contribution in [0.4, 0.5) is 4.79 Å². The van der Waals surface area contributed by atoms with Gasteiger partial charge in [-0.1, -0.05) is 0 Å². The highest BCUT2D eigenvalue weighted by Crippen LogP contribution is 2.66. The molecule has 3 nitrogen and oxygen atoms in total. The SMILES string of the molecule is O=C1OP(O)(=S)S1. The van der Waals surface area contributed by atoms with Gasteiger partial charge in [0.15, 0.2) is 0 Å². The first-order valence-electron chi connectivity index (χ1n) is 1.36. The summed E-state index contributed by atoms with van der Waals surface area (Å²) in [6.45, 7) is 0. The molecule has 0 spiro atoms. The molecule has 0 aromatic heterocycles. The molecule has 0 saturated carbocycles. The average Bonchev–Trinajstić information content (AvgIpc) is 1.27. The third kappa shape index (κ3) is 1.16. The van der Waals surface area contributed by atoms with Gasteiger partial charge in [-0.15, -0.1) is 0 Å². The van der Waals surface area contributed by atoms with Crippen LogP contribution in [0, 0.1) is 0 Å². The van der Waals surface area contributed by atoms with Crippen LogP contribution in [0.3, 0.4) is 0 Å². The lowest BCUT2D eigenvalue weighted by atomic mass is 11.6. The Morgan fingerprint density at radius 1 is 2.00 bits per heavy atom. The third-order valence-corrected chi connectivity index (χ3v) is 3.62. The average molecular weight is 156 g/mol. The molecule has 1 rings (SSSR count). The van der Waals surface area contributed by atoms with Crippen LogP contribution in [0.15, 0.2) is 0 Å². The largest absolute Gasteiger partial charge is 0.395 e. The van der Waals surface area contributed by atoms with E-state index in [4.69, 9.17) is 4.89 Å². The first-order valence-corrected chi connectivity index (χ1v) is 5.45. The second kappa shape index (κ2) is 1.45. The summed E-state index contributed by atoms with van der Waals surface area (Å²) < 4.78 is 4.13. The molecule has 1 fully saturated rings. The molecule has 0 aromatic carbocycles. The zero-order valence-electron chi connectivity index (χ0n) is 3.03. The Kier molecular flexibility index (Phi) is 1.15. The maximum Gasteiger partial charge on any atom is 0.383 e. The fraction of sp³-hybridized carbons (Fsp3) is 0. The molecule has 1 heterocycles. The fourth-order valence-electron chi connectivity index (χ4n) is 0.195. The highest BCUT2D eigenvalue weighted by atomic mass is 32.9. The summed E-state index contributed by atoms with van der Waals surface area (Å²) in [5.74, 6) is 0. The van der Waals surface area contributed by atoms with Gasteiger partial charge < -0.3 is 9.42 Å². The van der Waals surface area contributed by atoms with Crippen LogP contribution in [0.1, 0.15) is 0 Å². The topological polar surface area (TPSA) is 46.5 Å². The van der Waals surface area contributed by atoms with Crippen molar-refractivity contribution in [2.24, 2.45) is 0 Å². The number of carbonyl (C=O) groups is 1. The molecule has 1 atom stereocenters. The lowest BCUT2D eigenvalue weighted by Gasteiger charge is -2.20. The van der Waals surface area contributed by atoms with Crippen LogP contribution in [-0.4, -0.2) is 10.2 Å². The second-order valence-corrected chi connectivity index (χ2v) is 6.75. The number of rotatable bonds is 0. The van der Waals surface area contributed by atoms with E-state index in [2.05, 4.69) is 16.3 Å². The van der Waals surface area contributed by atoms with Gasteiger partial charge in [0.2, 0.25) is 0 Å². The van der Waals surface area contributed by atoms with E-state index in [0.29, 0.717) is 11.4 Å². The molecule has 1 saturated heterocycles. The monoisotopic (exact) mass is 156 g/mol. The van der Waals surface area contributed by atoms with E-state index in [9.17, 15) is 4.79 Å². The maximum absolute atomic E-state index is 9.86. The summed E-state index contributed by atoms with van der Waals surface area (Å²) in [7, 11) is 0. The molecular weight excluding hydrogens is 155 g/mol. The van der Waals surface area contributed by atoms with Crippen molar-refractivity contribution in [2.45, 2.75) is 0 Å². The summed E-state index contributed by atoms with van der Waals surface area (Å²) >= 11 is 5.04. The Bertz CT molecular complexity index is 141. The molecule has 1 unspecified atom stereocenters. The number of carbonyl (C=O) groups excluding carboxylic acids is 1. The Labute approximate surface area is 49.0 Å². The molecule has 0 aliphatic carbocycles. The van der Waals surface area contributed by atoms with Gasteiger partial charge in [0.25, 0.3) is 0 Å². The number of hydrogen-bond acceptors (Lipinski definition) is 4. The van der Waals surface area contributed by atoms with Crippen LogP contribution >= 0.6 is 17.1 Å². The maximum atomic E-state index is 9.86. The molecule has 0 radical (unpaired) electrons. The van der Waals surface area contributed by atoms with Gasteiger partial charge in [-0.2, -0.15) is 0 Å². The van der Waals surface area contributed by atoms with E-state index >= 15 is 0 Å². The van der Waals surface area contributed by atoms with Gasteiger partial charge in [0.05, 0.1) is 11.4 Å². The van der Waals surface area contributed by atoms with Gasteiger partial charge in [-0.05, 0) is 11.8 Å². The van der Waals surface area contributed by atoms with Crippen molar-refractivity contribution < 1.29 is 14.2 Å². The molecule has 1 N–H and O–H groups in total. The van der Waals surface area contributed by atoms with Gasteiger partial charge in [0.1, 0.15) is 0 Å². The molecule has 7 heavy (non-hydrogen) atoms. The van der Waals surface area contributed by atoms with E-state index in [1.54, 1.807) is 0 Å². The first-order chi connectivity index (χ1) is 3.10. The highest BCUT2D eigenvalue weighted by molar-refractivity contribution is 8.76. The van der Waals surface area contributed by atoms with E-state index in [0.717, 1.165) is 0 Å². The Balaban J connectivity index is 2.60. The van der Waals surface area contributed by atoms with E-state index < -0.39 is 11.0 Å². The van der Waals surface area contributed by atoms with Gasteiger partial charge >= 0.3 is 11.0 Å². The summed E-state index contributed by atoms with van der Waals surface area (Å²) in [6, 6.07) is 0. The Morgan fingerprint density at radius 2 is 2.43 bits per heavy atom. The molecule has 40 valence electrons. The molecule has 0 amide bonds. The summed E-state index contributed by atoms with van der Waals surface area (Å²) in [6.07, 6.45) is 0. The van der Waals surface area contributed by atoms with Crippen molar-refractivity contribution >= 4 is 34.2 Å². The van der Waals surface area contributed by atoms with E-state index in [1.807, 2.05) is 0 Å².